The second-order valence-corrected chi connectivity index (χ2v) is 4.69. The Morgan fingerprint density at radius 3 is 3.11 bits per heavy atom. The third-order valence-corrected chi connectivity index (χ3v) is 3.51. The molecule has 2 heterocycles. The zero-order valence-electron chi connectivity index (χ0n) is 10.2. The quantitative estimate of drug-likeness (QED) is 0.787. The van der Waals surface area contributed by atoms with Gasteiger partial charge in [-0.15, -0.1) is 11.3 Å². The van der Waals surface area contributed by atoms with Crippen LogP contribution in [0, 0.1) is 0 Å². The van der Waals surface area contributed by atoms with Gasteiger partial charge < -0.3 is 15.2 Å². The summed E-state index contributed by atoms with van der Waals surface area (Å²) in [6.45, 7) is -0.0537. The highest BCUT2D eigenvalue weighted by atomic mass is 32.1. The summed E-state index contributed by atoms with van der Waals surface area (Å²) in [5, 5.41) is 13.2. The number of nitrogens with zero attached hydrogens (tertiary/aromatic N) is 2. The van der Waals surface area contributed by atoms with E-state index in [-0.39, 0.29) is 18.9 Å². The molecule has 0 saturated carbocycles. The molecule has 0 aliphatic heterocycles. The molecule has 0 radical (unpaired) electrons. The molecule has 1 unspecified atom stereocenters. The molecular weight excluding hydrogens is 270 g/mol. The van der Waals surface area contributed by atoms with E-state index < -0.39 is 12.1 Å². The fourth-order valence-corrected chi connectivity index (χ4v) is 2.46. The lowest BCUT2D eigenvalue weighted by Gasteiger charge is -2.11. The maximum Gasteiger partial charge on any atom is 0.334 e. The molecule has 0 aliphatic carbocycles. The molecule has 1 amide bonds. The van der Waals surface area contributed by atoms with Crippen LogP contribution in [0.25, 0.3) is 4.96 Å². The molecule has 0 fully saturated rings. The highest BCUT2D eigenvalue weighted by Gasteiger charge is 2.17. The molecule has 7 nitrogen and oxygen atoms in total. The molecule has 2 aromatic heterocycles. The molecule has 2 rings (SSSR count). The number of methoxy groups -OCH3 is 1. The van der Waals surface area contributed by atoms with Crippen molar-refractivity contribution in [1.82, 2.24) is 14.7 Å². The van der Waals surface area contributed by atoms with Crippen molar-refractivity contribution in [3.8, 4) is 0 Å². The number of carbonyl (C=O) groups is 2. The van der Waals surface area contributed by atoms with Gasteiger partial charge in [0, 0.05) is 30.6 Å². The van der Waals surface area contributed by atoms with Gasteiger partial charge in [-0.1, -0.05) is 0 Å². The average molecular weight is 283 g/mol. The van der Waals surface area contributed by atoms with Crippen LogP contribution in [0.15, 0.2) is 17.8 Å². The summed E-state index contributed by atoms with van der Waals surface area (Å²) < 4.78 is 6.56. The lowest BCUT2D eigenvalue weighted by molar-refractivity contribution is -0.148. The Balaban J connectivity index is 1.91. The van der Waals surface area contributed by atoms with Crippen LogP contribution in [0.5, 0.6) is 0 Å². The molecule has 19 heavy (non-hydrogen) atoms. The van der Waals surface area contributed by atoms with Gasteiger partial charge in [0.1, 0.15) is 0 Å². The van der Waals surface area contributed by atoms with Crippen molar-refractivity contribution in [3.05, 3.63) is 23.5 Å². The van der Waals surface area contributed by atoms with Crippen LogP contribution in [0.2, 0.25) is 0 Å². The number of carboxylic acids is 1. The largest absolute Gasteiger partial charge is 0.479 e. The van der Waals surface area contributed by atoms with E-state index >= 15 is 0 Å². The van der Waals surface area contributed by atoms with Gasteiger partial charge in [0.25, 0.3) is 0 Å². The summed E-state index contributed by atoms with van der Waals surface area (Å²) in [5.74, 6) is -1.35. The van der Waals surface area contributed by atoms with Crippen LogP contribution in [-0.4, -0.2) is 46.1 Å². The monoisotopic (exact) mass is 283 g/mol. The first-order chi connectivity index (χ1) is 9.11. The minimum absolute atomic E-state index is 0.0537. The summed E-state index contributed by atoms with van der Waals surface area (Å²) in [7, 11) is 1.29. The number of hydrogen-bond acceptors (Lipinski definition) is 5. The summed E-state index contributed by atoms with van der Waals surface area (Å²) >= 11 is 1.45. The van der Waals surface area contributed by atoms with Crippen LogP contribution in [0.4, 0.5) is 0 Å². The van der Waals surface area contributed by atoms with Crippen molar-refractivity contribution in [2.24, 2.45) is 0 Å². The first-order valence-corrected chi connectivity index (χ1v) is 6.41. The number of aliphatic carboxylic acids is 1. The van der Waals surface area contributed by atoms with Crippen LogP contribution in [0.1, 0.15) is 5.69 Å². The molecule has 2 aromatic rings. The van der Waals surface area contributed by atoms with Crippen LogP contribution >= 0.6 is 11.3 Å². The van der Waals surface area contributed by atoms with Crippen molar-refractivity contribution in [3.63, 3.8) is 0 Å². The molecule has 0 bridgehead atoms. The minimum atomic E-state index is -1.10. The van der Waals surface area contributed by atoms with Crippen LogP contribution < -0.4 is 5.32 Å². The maximum atomic E-state index is 11.7. The number of carbonyl (C=O) groups excluding carboxylic acids is 1. The van der Waals surface area contributed by atoms with Gasteiger partial charge in [-0.2, -0.15) is 0 Å². The van der Waals surface area contributed by atoms with Crippen molar-refractivity contribution < 1.29 is 19.4 Å². The van der Waals surface area contributed by atoms with E-state index in [1.807, 2.05) is 9.78 Å². The van der Waals surface area contributed by atoms with E-state index in [1.54, 1.807) is 12.4 Å². The van der Waals surface area contributed by atoms with Gasteiger partial charge in [0.2, 0.25) is 5.91 Å². The Labute approximate surface area is 112 Å². The Morgan fingerprint density at radius 1 is 1.63 bits per heavy atom. The lowest BCUT2D eigenvalue weighted by atomic mass is 10.3. The van der Waals surface area contributed by atoms with Crippen LogP contribution in [-0.2, 0) is 20.7 Å². The zero-order chi connectivity index (χ0) is 13.8. The predicted octanol–water partition coefficient (Wildman–Crippen LogP) is 0.154. The van der Waals surface area contributed by atoms with Crippen molar-refractivity contribution in [1.29, 1.82) is 0 Å². The number of thiazole rings is 1. The number of carboxylic acid groups (broad SMARTS) is 1. The zero-order valence-corrected chi connectivity index (χ0v) is 11.0. The molecule has 0 saturated heterocycles. The first-order valence-electron chi connectivity index (χ1n) is 5.53. The second kappa shape index (κ2) is 5.81. The highest BCUT2D eigenvalue weighted by molar-refractivity contribution is 7.15. The highest BCUT2D eigenvalue weighted by Crippen LogP contribution is 2.14. The molecule has 0 aliphatic rings. The Morgan fingerprint density at radius 2 is 2.42 bits per heavy atom. The number of hydrogen-bond donors (Lipinski definition) is 2. The first kappa shape index (κ1) is 13.5. The fourth-order valence-electron chi connectivity index (χ4n) is 1.60. The number of ether oxygens (including phenoxy) is 1. The van der Waals surface area contributed by atoms with E-state index in [2.05, 4.69) is 10.3 Å². The molecular formula is C11H13N3O4S. The third kappa shape index (κ3) is 3.09. The van der Waals surface area contributed by atoms with Crippen molar-refractivity contribution in [2.45, 2.75) is 12.5 Å². The van der Waals surface area contributed by atoms with E-state index in [9.17, 15) is 9.59 Å². The van der Waals surface area contributed by atoms with Gasteiger partial charge in [0.15, 0.2) is 11.1 Å². The summed E-state index contributed by atoms with van der Waals surface area (Å²) in [6, 6.07) is 0. The van der Waals surface area contributed by atoms with Gasteiger partial charge in [-0.05, 0) is 0 Å². The van der Waals surface area contributed by atoms with Gasteiger partial charge in [-0.25, -0.2) is 9.78 Å². The smallest absolute Gasteiger partial charge is 0.334 e. The molecule has 1 atom stereocenters. The SMILES string of the molecule is COC(CNC(=O)Cc1csc2nccn12)C(=O)O. The summed E-state index contributed by atoms with van der Waals surface area (Å²) in [6.07, 6.45) is 2.59. The van der Waals surface area contributed by atoms with E-state index in [0.717, 1.165) is 10.7 Å². The Bertz CT molecular complexity index is 592. The van der Waals surface area contributed by atoms with Gasteiger partial charge in [0.05, 0.1) is 13.0 Å². The topological polar surface area (TPSA) is 92.9 Å². The van der Waals surface area contributed by atoms with Crippen molar-refractivity contribution in [2.75, 3.05) is 13.7 Å². The molecule has 0 aromatic carbocycles. The second-order valence-electron chi connectivity index (χ2n) is 3.85. The lowest BCUT2D eigenvalue weighted by Crippen LogP contribution is -2.38. The summed E-state index contributed by atoms with van der Waals surface area (Å²) in [4.78, 5) is 27.4. The molecule has 8 heteroatoms. The van der Waals surface area contributed by atoms with Gasteiger partial charge in [-0.3, -0.25) is 9.20 Å². The number of aromatic nitrogens is 2. The number of rotatable bonds is 6. The molecule has 102 valence electrons. The van der Waals surface area contributed by atoms with E-state index in [4.69, 9.17) is 9.84 Å². The number of imidazole rings is 1. The average Bonchev–Trinajstić information content (AvgIpc) is 2.94. The van der Waals surface area contributed by atoms with Crippen LogP contribution in [0.3, 0.4) is 0 Å². The number of amides is 1. The maximum absolute atomic E-state index is 11.7. The molecule has 2 N–H and O–H groups in total. The predicted molar refractivity (Wildman–Crippen MR) is 68.2 cm³/mol. The van der Waals surface area contributed by atoms with E-state index in [1.165, 1.54) is 18.4 Å². The van der Waals surface area contributed by atoms with Crippen molar-refractivity contribution >= 4 is 28.2 Å². The fraction of sp³-hybridized carbons (Fsp3) is 0.364. The Hall–Kier alpha value is -1.93. The van der Waals surface area contributed by atoms with Gasteiger partial charge >= 0.3 is 5.97 Å². The number of fused-ring (bicyclic) bond motifs is 1. The minimum Gasteiger partial charge on any atom is -0.479 e. The molecule has 0 spiro atoms. The Kier molecular flexibility index (Phi) is 4.13. The normalized spacial score (nSPS) is 12.5. The van der Waals surface area contributed by atoms with E-state index in [0.29, 0.717) is 0 Å². The third-order valence-electron chi connectivity index (χ3n) is 2.60. The number of nitrogens with one attached hydrogen (secondary N) is 1. The standard InChI is InChI=1S/C11H13N3O4S/c1-18-8(10(16)17)5-13-9(15)4-7-6-19-11-12-2-3-14(7)11/h2-3,6,8H,4-5H2,1H3,(H,13,15)(H,16,17). The summed E-state index contributed by atoms with van der Waals surface area (Å²) in [5.41, 5.74) is 0.819.